The Balaban J connectivity index is 1.52. The highest BCUT2D eigenvalue weighted by molar-refractivity contribution is 7.89. The van der Waals surface area contributed by atoms with E-state index in [-0.39, 0.29) is 17.7 Å². The fraction of sp³-hybridized carbons (Fsp3) is 0.350. The lowest BCUT2D eigenvalue weighted by Crippen LogP contribution is -2.37. The molecule has 2 aromatic rings. The van der Waals surface area contributed by atoms with Gasteiger partial charge >= 0.3 is 0 Å². The number of likely N-dealkylation sites (tertiary alicyclic amines) is 1. The van der Waals surface area contributed by atoms with Gasteiger partial charge in [0.15, 0.2) is 9.84 Å². The van der Waals surface area contributed by atoms with Gasteiger partial charge in [0.25, 0.3) is 5.91 Å². The Morgan fingerprint density at radius 2 is 1.77 bits per heavy atom. The van der Waals surface area contributed by atoms with Gasteiger partial charge < -0.3 is 5.32 Å². The molecule has 1 heterocycles. The standard InChI is InChI=1S/C20H24N2O3S/c1-26(24,25)15-17-7-9-18(10-8-17)20(23)21-19-11-12-22(14-19)13-16-5-3-2-4-6-16/h2-10,19H,11-15H2,1H3,(H,21,23)/t19-/m1/s1. The van der Waals surface area contributed by atoms with Crippen LogP contribution in [0.25, 0.3) is 0 Å². The topological polar surface area (TPSA) is 66.5 Å². The number of benzene rings is 2. The quantitative estimate of drug-likeness (QED) is 0.844. The number of rotatable bonds is 6. The van der Waals surface area contributed by atoms with Crippen molar-refractivity contribution in [2.45, 2.75) is 24.8 Å². The summed E-state index contributed by atoms with van der Waals surface area (Å²) in [6, 6.07) is 17.2. The van der Waals surface area contributed by atoms with Gasteiger partial charge in [0.1, 0.15) is 0 Å². The van der Waals surface area contributed by atoms with Crippen molar-refractivity contribution in [3.05, 3.63) is 71.3 Å². The molecule has 26 heavy (non-hydrogen) atoms. The molecule has 1 N–H and O–H groups in total. The van der Waals surface area contributed by atoms with E-state index in [4.69, 9.17) is 0 Å². The summed E-state index contributed by atoms with van der Waals surface area (Å²) in [7, 11) is -3.07. The molecule has 1 amide bonds. The summed E-state index contributed by atoms with van der Waals surface area (Å²) < 4.78 is 22.7. The van der Waals surface area contributed by atoms with E-state index in [1.165, 1.54) is 11.8 Å². The van der Waals surface area contributed by atoms with Crippen molar-refractivity contribution in [3.63, 3.8) is 0 Å². The van der Waals surface area contributed by atoms with Crippen LogP contribution in [0.5, 0.6) is 0 Å². The highest BCUT2D eigenvalue weighted by Gasteiger charge is 2.24. The highest BCUT2D eigenvalue weighted by atomic mass is 32.2. The van der Waals surface area contributed by atoms with Gasteiger partial charge in [0.2, 0.25) is 0 Å². The second-order valence-corrected chi connectivity index (χ2v) is 9.09. The van der Waals surface area contributed by atoms with Crippen LogP contribution in [0.1, 0.15) is 27.9 Å². The predicted octanol–water partition coefficient (Wildman–Crippen LogP) is 2.24. The molecule has 5 nitrogen and oxygen atoms in total. The van der Waals surface area contributed by atoms with Crippen LogP contribution in [0, 0.1) is 0 Å². The lowest BCUT2D eigenvalue weighted by Gasteiger charge is -2.17. The van der Waals surface area contributed by atoms with Crippen LogP contribution in [-0.2, 0) is 22.1 Å². The maximum Gasteiger partial charge on any atom is 0.251 e. The number of hydrogen-bond donors (Lipinski definition) is 1. The monoisotopic (exact) mass is 372 g/mol. The Hall–Kier alpha value is -2.18. The highest BCUT2D eigenvalue weighted by Crippen LogP contribution is 2.14. The molecule has 0 bridgehead atoms. The van der Waals surface area contributed by atoms with Crippen LogP contribution < -0.4 is 5.32 Å². The van der Waals surface area contributed by atoms with Crippen LogP contribution in [0.2, 0.25) is 0 Å². The number of carbonyl (C=O) groups excluding carboxylic acids is 1. The van der Waals surface area contributed by atoms with Crippen LogP contribution in [-0.4, -0.2) is 44.6 Å². The zero-order valence-electron chi connectivity index (χ0n) is 14.9. The molecule has 1 fully saturated rings. The first-order valence-corrected chi connectivity index (χ1v) is 10.8. The van der Waals surface area contributed by atoms with Crippen molar-refractivity contribution in [1.29, 1.82) is 0 Å². The lowest BCUT2D eigenvalue weighted by atomic mass is 10.1. The molecular formula is C20H24N2O3S. The molecule has 2 aromatic carbocycles. The van der Waals surface area contributed by atoms with Crippen LogP contribution in [0.4, 0.5) is 0 Å². The SMILES string of the molecule is CS(=O)(=O)Cc1ccc(C(=O)N[C@@H]2CCN(Cc3ccccc3)C2)cc1. The molecule has 0 aromatic heterocycles. The fourth-order valence-electron chi connectivity index (χ4n) is 3.26. The van der Waals surface area contributed by atoms with Gasteiger partial charge in [-0.1, -0.05) is 42.5 Å². The Bertz CT molecular complexity index is 848. The van der Waals surface area contributed by atoms with Gasteiger partial charge in [0.05, 0.1) is 5.75 Å². The van der Waals surface area contributed by atoms with Crippen molar-refractivity contribution >= 4 is 15.7 Å². The third-order valence-electron chi connectivity index (χ3n) is 4.50. The molecule has 0 aliphatic carbocycles. The molecule has 0 saturated carbocycles. The van der Waals surface area contributed by atoms with Crippen LogP contribution >= 0.6 is 0 Å². The van der Waals surface area contributed by atoms with Gasteiger partial charge in [-0.05, 0) is 29.7 Å². The van der Waals surface area contributed by atoms with Gasteiger partial charge in [0, 0.05) is 37.5 Å². The second-order valence-electron chi connectivity index (χ2n) is 6.95. The minimum atomic E-state index is -3.07. The molecule has 1 atom stereocenters. The van der Waals surface area contributed by atoms with Crippen LogP contribution in [0.15, 0.2) is 54.6 Å². The molecular weight excluding hydrogens is 348 g/mol. The van der Waals surface area contributed by atoms with E-state index in [9.17, 15) is 13.2 Å². The van der Waals surface area contributed by atoms with Crippen molar-refractivity contribution in [3.8, 4) is 0 Å². The molecule has 0 radical (unpaired) electrons. The molecule has 1 saturated heterocycles. The van der Waals surface area contributed by atoms with E-state index in [1.54, 1.807) is 24.3 Å². The van der Waals surface area contributed by atoms with E-state index < -0.39 is 9.84 Å². The van der Waals surface area contributed by atoms with Crippen molar-refractivity contribution in [1.82, 2.24) is 10.2 Å². The third-order valence-corrected chi connectivity index (χ3v) is 5.36. The Kier molecular flexibility index (Phi) is 5.74. The summed E-state index contributed by atoms with van der Waals surface area (Å²) in [6.45, 7) is 2.70. The van der Waals surface area contributed by atoms with E-state index in [2.05, 4.69) is 22.3 Å². The first-order chi connectivity index (χ1) is 12.4. The molecule has 1 aliphatic rings. The van der Waals surface area contributed by atoms with Crippen molar-refractivity contribution in [2.24, 2.45) is 0 Å². The first kappa shape index (κ1) is 18.6. The van der Waals surface area contributed by atoms with Gasteiger partial charge in [-0.2, -0.15) is 0 Å². The number of carbonyl (C=O) groups is 1. The average molecular weight is 372 g/mol. The summed E-state index contributed by atoms with van der Waals surface area (Å²) in [5.74, 6) is -0.117. The van der Waals surface area contributed by atoms with E-state index in [1.807, 2.05) is 18.2 Å². The summed E-state index contributed by atoms with van der Waals surface area (Å²) in [6.07, 6.45) is 2.14. The van der Waals surface area contributed by atoms with E-state index in [0.717, 1.165) is 26.1 Å². The van der Waals surface area contributed by atoms with Gasteiger partial charge in [-0.15, -0.1) is 0 Å². The number of nitrogens with zero attached hydrogens (tertiary/aromatic N) is 1. The predicted molar refractivity (Wildman–Crippen MR) is 103 cm³/mol. The zero-order chi connectivity index (χ0) is 18.6. The van der Waals surface area contributed by atoms with Gasteiger partial charge in [-0.25, -0.2) is 8.42 Å². The molecule has 3 rings (SSSR count). The minimum Gasteiger partial charge on any atom is -0.348 e. The summed E-state index contributed by atoms with van der Waals surface area (Å²) in [5.41, 5.74) is 2.53. The third kappa shape index (κ3) is 5.41. The Labute approximate surface area is 154 Å². The Morgan fingerprint density at radius 1 is 1.08 bits per heavy atom. The molecule has 0 unspecified atom stereocenters. The largest absolute Gasteiger partial charge is 0.348 e. The number of hydrogen-bond acceptors (Lipinski definition) is 4. The van der Waals surface area contributed by atoms with Crippen LogP contribution in [0.3, 0.4) is 0 Å². The first-order valence-electron chi connectivity index (χ1n) is 8.73. The van der Waals surface area contributed by atoms with E-state index in [0.29, 0.717) is 11.1 Å². The smallest absolute Gasteiger partial charge is 0.251 e. The Morgan fingerprint density at radius 3 is 2.42 bits per heavy atom. The molecule has 0 spiro atoms. The van der Waals surface area contributed by atoms with Crippen molar-refractivity contribution in [2.75, 3.05) is 19.3 Å². The van der Waals surface area contributed by atoms with Crippen molar-refractivity contribution < 1.29 is 13.2 Å². The minimum absolute atomic E-state index is 0.00797. The average Bonchev–Trinajstić information content (AvgIpc) is 3.02. The molecule has 6 heteroatoms. The zero-order valence-corrected chi connectivity index (χ0v) is 15.7. The number of nitrogens with one attached hydrogen (secondary N) is 1. The molecule has 1 aliphatic heterocycles. The van der Waals surface area contributed by atoms with E-state index >= 15 is 0 Å². The summed E-state index contributed by atoms with van der Waals surface area (Å²) in [4.78, 5) is 14.8. The maximum atomic E-state index is 12.4. The number of sulfone groups is 1. The lowest BCUT2D eigenvalue weighted by molar-refractivity contribution is 0.0937. The van der Waals surface area contributed by atoms with Gasteiger partial charge in [-0.3, -0.25) is 9.69 Å². The second kappa shape index (κ2) is 8.01. The summed E-state index contributed by atoms with van der Waals surface area (Å²) >= 11 is 0. The summed E-state index contributed by atoms with van der Waals surface area (Å²) in [5, 5.41) is 3.08. The number of amides is 1. The fourth-order valence-corrected chi connectivity index (χ4v) is 4.06. The normalized spacial score (nSPS) is 18.0. The maximum absolute atomic E-state index is 12.4. The molecule has 138 valence electrons.